The van der Waals surface area contributed by atoms with Crippen LogP contribution in [0.1, 0.15) is 46.0 Å². The number of esters is 1. The van der Waals surface area contributed by atoms with Crippen LogP contribution >= 0.6 is 0 Å². The minimum absolute atomic E-state index is 0.0329. The van der Waals surface area contributed by atoms with Crippen LogP contribution in [0.4, 0.5) is 0 Å². The van der Waals surface area contributed by atoms with Crippen molar-refractivity contribution in [3.05, 3.63) is 0 Å². The molecule has 0 bridgehead atoms. The van der Waals surface area contributed by atoms with E-state index < -0.39 is 5.54 Å². The first kappa shape index (κ1) is 16.4. The van der Waals surface area contributed by atoms with Gasteiger partial charge in [0.25, 0.3) is 0 Å². The van der Waals surface area contributed by atoms with E-state index in [4.69, 9.17) is 19.9 Å². The molecule has 0 radical (unpaired) electrons. The molecule has 1 aliphatic rings. The molecule has 2 unspecified atom stereocenters. The first-order chi connectivity index (χ1) is 8.83. The fourth-order valence-electron chi connectivity index (χ4n) is 2.36. The van der Waals surface area contributed by atoms with E-state index in [0.717, 1.165) is 19.3 Å². The Morgan fingerprint density at radius 1 is 1.42 bits per heavy atom. The van der Waals surface area contributed by atoms with E-state index in [-0.39, 0.29) is 17.7 Å². The number of hydrogen-bond donors (Lipinski definition) is 1. The minimum Gasteiger partial charge on any atom is -0.468 e. The highest BCUT2D eigenvalue weighted by atomic mass is 16.5. The van der Waals surface area contributed by atoms with E-state index in [1.807, 2.05) is 13.8 Å². The lowest BCUT2D eigenvalue weighted by Crippen LogP contribution is -2.53. The van der Waals surface area contributed by atoms with Gasteiger partial charge in [0.2, 0.25) is 0 Å². The van der Waals surface area contributed by atoms with E-state index in [1.165, 1.54) is 7.11 Å². The topological polar surface area (TPSA) is 70.8 Å². The van der Waals surface area contributed by atoms with Gasteiger partial charge in [-0.2, -0.15) is 0 Å². The molecular formula is C14H27NO4. The number of nitrogens with two attached hydrogens (primary N) is 1. The molecule has 112 valence electrons. The third kappa shape index (κ3) is 4.75. The van der Waals surface area contributed by atoms with Crippen molar-refractivity contribution in [2.24, 2.45) is 5.73 Å². The van der Waals surface area contributed by atoms with Crippen molar-refractivity contribution in [3.63, 3.8) is 0 Å². The van der Waals surface area contributed by atoms with Crippen LogP contribution in [0.3, 0.4) is 0 Å². The summed E-state index contributed by atoms with van der Waals surface area (Å²) in [7, 11) is 3.07. The molecule has 0 amide bonds. The quantitative estimate of drug-likeness (QED) is 0.745. The van der Waals surface area contributed by atoms with Crippen molar-refractivity contribution in [2.75, 3.05) is 20.8 Å². The third-order valence-corrected chi connectivity index (χ3v) is 3.94. The zero-order chi connectivity index (χ0) is 14.5. The van der Waals surface area contributed by atoms with Crippen LogP contribution in [0.2, 0.25) is 0 Å². The van der Waals surface area contributed by atoms with Crippen LogP contribution < -0.4 is 5.73 Å². The third-order valence-electron chi connectivity index (χ3n) is 3.94. The summed E-state index contributed by atoms with van der Waals surface area (Å²) < 4.78 is 16.0. The van der Waals surface area contributed by atoms with E-state index in [9.17, 15) is 4.79 Å². The maximum atomic E-state index is 11.7. The molecule has 0 aromatic heterocycles. The van der Waals surface area contributed by atoms with E-state index in [1.54, 1.807) is 7.11 Å². The molecule has 1 fully saturated rings. The van der Waals surface area contributed by atoms with Gasteiger partial charge in [-0.05, 0) is 39.5 Å². The SMILES string of the molecule is COC(=O)C1(N)CCCC(OCCC(C)(C)OC)C1. The number of carbonyl (C=O) groups excluding carboxylic acids is 1. The predicted octanol–water partition coefficient (Wildman–Crippen LogP) is 1.63. The Labute approximate surface area is 115 Å². The number of rotatable bonds is 6. The van der Waals surface area contributed by atoms with Crippen LogP contribution in [-0.4, -0.2) is 44.0 Å². The lowest BCUT2D eigenvalue weighted by Gasteiger charge is -2.35. The second-order valence-corrected chi connectivity index (χ2v) is 5.95. The van der Waals surface area contributed by atoms with Gasteiger partial charge < -0.3 is 19.9 Å². The first-order valence-corrected chi connectivity index (χ1v) is 6.87. The highest BCUT2D eigenvalue weighted by Crippen LogP contribution is 2.29. The first-order valence-electron chi connectivity index (χ1n) is 6.87. The molecular weight excluding hydrogens is 246 g/mol. The summed E-state index contributed by atoms with van der Waals surface area (Å²) in [6, 6.07) is 0. The van der Waals surface area contributed by atoms with Crippen molar-refractivity contribution in [2.45, 2.75) is 63.2 Å². The largest absolute Gasteiger partial charge is 0.468 e. The zero-order valence-electron chi connectivity index (χ0n) is 12.5. The van der Waals surface area contributed by atoms with Gasteiger partial charge in [0.05, 0.1) is 18.8 Å². The Morgan fingerprint density at radius 3 is 2.68 bits per heavy atom. The van der Waals surface area contributed by atoms with Gasteiger partial charge in [-0.1, -0.05) is 0 Å². The highest BCUT2D eigenvalue weighted by molar-refractivity contribution is 5.80. The second kappa shape index (κ2) is 6.68. The molecule has 0 heterocycles. The average molecular weight is 273 g/mol. The van der Waals surface area contributed by atoms with E-state index in [0.29, 0.717) is 19.4 Å². The molecule has 0 aliphatic heterocycles. The van der Waals surface area contributed by atoms with Crippen molar-refractivity contribution in [1.29, 1.82) is 0 Å². The van der Waals surface area contributed by atoms with Gasteiger partial charge in [0, 0.05) is 20.1 Å². The van der Waals surface area contributed by atoms with Crippen molar-refractivity contribution >= 4 is 5.97 Å². The van der Waals surface area contributed by atoms with Gasteiger partial charge >= 0.3 is 5.97 Å². The molecule has 1 saturated carbocycles. The predicted molar refractivity (Wildman–Crippen MR) is 72.8 cm³/mol. The van der Waals surface area contributed by atoms with Crippen LogP contribution in [0, 0.1) is 0 Å². The molecule has 0 aromatic carbocycles. The standard InChI is InChI=1S/C14H27NO4/c1-13(2,18-4)8-9-19-11-6-5-7-14(15,10-11)12(16)17-3/h11H,5-10,15H2,1-4H3. The fourth-order valence-corrected chi connectivity index (χ4v) is 2.36. The summed E-state index contributed by atoms with van der Waals surface area (Å²) >= 11 is 0. The Balaban J connectivity index is 2.41. The summed E-state index contributed by atoms with van der Waals surface area (Å²) in [5.41, 5.74) is 5.04. The highest BCUT2D eigenvalue weighted by Gasteiger charge is 2.40. The number of carbonyl (C=O) groups is 1. The Morgan fingerprint density at radius 2 is 2.11 bits per heavy atom. The van der Waals surface area contributed by atoms with Gasteiger partial charge in [0.15, 0.2) is 0 Å². The summed E-state index contributed by atoms with van der Waals surface area (Å²) in [6.07, 6.45) is 3.89. The number of ether oxygens (including phenoxy) is 3. The lowest BCUT2D eigenvalue weighted by atomic mass is 9.81. The van der Waals surface area contributed by atoms with Crippen molar-refractivity contribution < 1.29 is 19.0 Å². The van der Waals surface area contributed by atoms with Gasteiger partial charge in [0.1, 0.15) is 5.54 Å². The molecule has 2 atom stereocenters. The lowest BCUT2D eigenvalue weighted by molar-refractivity contribution is -0.151. The van der Waals surface area contributed by atoms with Crippen LogP contribution in [0.15, 0.2) is 0 Å². The monoisotopic (exact) mass is 273 g/mol. The smallest absolute Gasteiger partial charge is 0.325 e. The van der Waals surface area contributed by atoms with Crippen LogP contribution in [0.5, 0.6) is 0 Å². The Hall–Kier alpha value is -0.650. The molecule has 2 N–H and O–H groups in total. The minimum atomic E-state index is -0.881. The van der Waals surface area contributed by atoms with Crippen molar-refractivity contribution in [3.8, 4) is 0 Å². The second-order valence-electron chi connectivity index (χ2n) is 5.95. The van der Waals surface area contributed by atoms with Gasteiger partial charge in [-0.15, -0.1) is 0 Å². The molecule has 1 aliphatic carbocycles. The normalized spacial score (nSPS) is 28.2. The summed E-state index contributed by atoms with van der Waals surface area (Å²) in [4.78, 5) is 11.7. The molecule has 5 heteroatoms. The average Bonchev–Trinajstić information content (AvgIpc) is 2.37. The van der Waals surface area contributed by atoms with Crippen LogP contribution in [0.25, 0.3) is 0 Å². The van der Waals surface area contributed by atoms with Gasteiger partial charge in [-0.25, -0.2) is 0 Å². The Bertz CT molecular complexity index is 306. The van der Waals surface area contributed by atoms with Gasteiger partial charge in [-0.3, -0.25) is 4.79 Å². The number of hydrogen-bond acceptors (Lipinski definition) is 5. The molecule has 1 rings (SSSR count). The Kier molecular flexibility index (Phi) is 5.77. The molecule has 0 spiro atoms. The van der Waals surface area contributed by atoms with E-state index >= 15 is 0 Å². The molecule has 0 saturated heterocycles. The maximum Gasteiger partial charge on any atom is 0.325 e. The zero-order valence-corrected chi connectivity index (χ0v) is 12.5. The summed E-state index contributed by atoms with van der Waals surface area (Å²) in [6.45, 7) is 4.67. The maximum absolute atomic E-state index is 11.7. The van der Waals surface area contributed by atoms with Crippen LogP contribution in [-0.2, 0) is 19.0 Å². The van der Waals surface area contributed by atoms with Crippen molar-refractivity contribution in [1.82, 2.24) is 0 Å². The number of methoxy groups -OCH3 is 2. The molecule has 19 heavy (non-hydrogen) atoms. The molecule has 5 nitrogen and oxygen atoms in total. The molecule has 0 aromatic rings. The van der Waals surface area contributed by atoms with E-state index in [2.05, 4.69) is 0 Å². The fraction of sp³-hybridized carbons (Fsp3) is 0.929. The summed E-state index contributed by atoms with van der Waals surface area (Å²) in [5, 5.41) is 0. The summed E-state index contributed by atoms with van der Waals surface area (Å²) in [5.74, 6) is -0.335.